The Hall–Kier alpha value is -3.05. The van der Waals surface area contributed by atoms with E-state index in [4.69, 9.17) is 11.6 Å². The molecule has 2 heterocycles. The van der Waals surface area contributed by atoms with E-state index in [9.17, 15) is 0 Å². The predicted molar refractivity (Wildman–Crippen MR) is 103 cm³/mol. The van der Waals surface area contributed by atoms with Crippen LogP contribution in [0.15, 0.2) is 60.9 Å². The molecular formula is C20H14ClFN4. The maximum absolute atomic E-state index is 15.3. The Kier molecular flexibility index (Phi) is 4.22. The summed E-state index contributed by atoms with van der Waals surface area (Å²) >= 11 is 5.93. The Bertz CT molecular complexity index is 1080. The molecule has 0 aliphatic heterocycles. The second-order valence-electron chi connectivity index (χ2n) is 5.72. The number of benzene rings is 2. The Morgan fingerprint density at radius 3 is 2.46 bits per heavy atom. The normalized spacial score (nSPS) is 10.9. The topological polar surface area (TPSA) is 50.7 Å². The SMILES string of the molecule is CNc1nc(-c2cccnc2)nc2c(F)c(-c3ccc(Cl)cc3)ccc12. The summed E-state index contributed by atoms with van der Waals surface area (Å²) in [6, 6.07) is 14.2. The van der Waals surface area contributed by atoms with Gasteiger partial charge in [0.15, 0.2) is 11.6 Å². The first-order chi connectivity index (χ1) is 12.7. The third kappa shape index (κ3) is 2.86. The molecule has 4 rings (SSSR count). The van der Waals surface area contributed by atoms with Gasteiger partial charge in [-0.05, 0) is 35.9 Å². The molecule has 2 aromatic carbocycles. The fourth-order valence-electron chi connectivity index (χ4n) is 2.83. The number of halogens is 2. The molecule has 0 saturated heterocycles. The van der Waals surface area contributed by atoms with Crippen molar-refractivity contribution in [3.63, 3.8) is 0 Å². The van der Waals surface area contributed by atoms with Gasteiger partial charge in [0.1, 0.15) is 11.3 Å². The highest BCUT2D eigenvalue weighted by Gasteiger charge is 2.16. The molecule has 0 fully saturated rings. The van der Waals surface area contributed by atoms with Gasteiger partial charge in [0.25, 0.3) is 0 Å². The first kappa shape index (κ1) is 16.4. The van der Waals surface area contributed by atoms with Crippen molar-refractivity contribution in [2.75, 3.05) is 12.4 Å². The highest BCUT2D eigenvalue weighted by atomic mass is 35.5. The first-order valence-electron chi connectivity index (χ1n) is 8.01. The molecule has 0 atom stereocenters. The minimum atomic E-state index is -0.395. The Balaban J connectivity index is 1.96. The van der Waals surface area contributed by atoms with Gasteiger partial charge in [-0.1, -0.05) is 29.8 Å². The number of aromatic nitrogens is 3. The van der Waals surface area contributed by atoms with E-state index in [1.165, 1.54) is 0 Å². The van der Waals surface area contributed by atoms with E-state index < -0.39 is 5.82 Å². The van der Waals surface area contributed by atoms with Crippen LogP contribution in [-0.4, -0.2) is 22.0 Å². The molecule has 1 N–H and O–H groups in total. The Morgan fingerprint density at radius 1 is 0.962 bits per heavy atom. The maximum Gasteiger partial charge on any atom is 0.163 e. The summed E-state index contributed by atoms with van der Waals surface area (Å²) in [6.07, 6.45) is 3.32. The lowest BCUT2D eigenvalue weighted by Crippen LogP contribution is -2.01. The maximum atomic E-state index is 15.3. The first-order valence-corrected chi connectivity index (χ1v) is 8.39. The summed E-state index contributed by atoms with van der Waals surface area (Å²) in [6.45, 7) is 0. The zero-order valence-corrected chi connectivity index (χ0v) is 14.6. The molecule has 0 amide bonds. The molecule has 26 heavy (non-hydrogen) atoms. The van der Waals surface area contributed by atoms with Crippen LogP contribution in [0.4, 0.5) is 10.2 Å². The fourth-order valence-corrected chi connectivity index (χ4v) is 2.96. The second kappa shape index (κ2) is 6.69. The van der Waals surface area contributed by atoms with Crippen LogP contribution >= 0.6 is 11.6 Å². The van der Waals surface area contributed by atoms with E-state index in [1.807, 2.05) is 12.1 Å². The van der Waals surface area contributed by atoms with Crippen molar-refractivity contribution >= 4 is 28.3 Å². The number of rotatable bonds is 3. The third-order valence-corrected chi connectivity index (χ3v) is 4.37. The zero-order chi connectivity index (χ0) is 18.1. The molecule has 6 heteroatoms. The van der Waals surface area contributed by atoms with Gasteiger partial charge in [0, 0.05) is 41.0 Å². The van der Waals surface area contributed by atoms with Gasteiger partial charge in [-0.15, -0.1) is 0 Å². The molecule has 0 radical (unpaired) electrons. The van der Waals surface area contributed by atoms with Crippen LogP contribution in [-0.2, 0) is 0 Å². The third-order valence-electron chi connectivity index (χ3n) is 4.12. The van der Waals surface area contributed by atoms with Gasteiger partial charge < -0.3 is 5.32 Å². The second-order valence-corrected chi connectivity index (χ2v) is 6.15. The lowest BCUT2D eigenvalue weighted by atomic mass is 10.0. The molecule has 2 aromatic heterocycles. The minimum Gasteiger partial charge on any atom is -0.373 e. The molecule has 4 nitrogen and oxygen atoms in total. The number of nitrogens with zero attached hydrogens (tertiary/aromatic N) is 3. The molecule has 0 aliphatic rings. The van der Waals surface area contributed by atoms with Crippen molar-refractivity contribution in [1.82, 2.24) is 15.0 Å². The van der Waals surface area contributed by atoms with E-state index in [2.05, 4.69) is 20.3 Å². The summed E-state index contributed by atoms with van der Waals surface area (Å²) in [5, 5.41) is 4.24. The van der Waals surface area contributed by atoms with Crippen LogP contribution in [0.1, 0.15) is 0 Å². The summed E-state index contributed by atoms with van der Waals surface area (Å²) in [4.78, 5) is 13.0. The lowest BCUT2D eigenvalue weighted by molar-refractivity contribution is 0.640. The van der Waals surface area contributed by atoms with Gasteiger partial charge >= 0.3 is 0 Å². The van der Waals surface area contributed by atoms with Gasteiger partial charge in [-0.2, -0.15) is 0 Å². The van der Waals surface area contributed by atoms with Crippen molar-refractivity contribution < 1.29 is 4.39 Å². The van der Waals surface area contributed by atoms with Crippen LogP contribution in [0.25, 0.3) is 33.4 Å². The van der Waals surface area contributed by atoms with Crippen LogP contribution in [0.3, 0.4) is 0 Å². The monoisotopic (exact) mass is 364 g/mol. The lowest BCUT2D eigenvalue weighted by Gasteiger charge is -2.11. The molecule has 0 unspecified atom stereocenters. The fraction of sp³-hybridized carbons (Fsp3) is 0.0500. The Morgan fingerprint density at radius 2 is 1.77 bits per heavy atom. The highest BCUT2D eigenvalue weighted by molar-refractivity contribution is 6.30. The van der Waals surface area contributed by atoms with Crippen molar-refractivity contribution in [1.29, 1.82) is 0 Å². The quantitative estimate of drug-likeness (QED) is 0.543. The number of fused-ring (bicyclic) bond motifs is 1. The molecule has 0 aliphatic carbocycles. The van der Waals surface area contributed by atoms with Crippen LogP contribution < -0.4 is 5.32 Å². The van der Waals surface area contributed by atoms with E-state index in [1.54, 1.807) is 55.8 Å². The number of pyridine rings is 1. The molecule has 0 saturated carbocycles. The molecule has 0 spiro atoms. The molecule has 0 bridgehead atoms. The summed E-state index contributed by atoms with van der Waals surface area (Å²) in [5.74, 6) is 0.589. The number of nitrogens with one attached hydrogen (secondary N) is 1. The molecular weight excluding hydrogens is 351 g/mol. The van der Waals surface area contributed by atoms with Gasteiger partial charge in [-0.25, -0.2) is 14.4 Å². The van der Waals surface area contributed by atoms with Crippen molar-refractivity contribution in [3.8, 4) is 22.5 Å². The number of anilines is 1. The van der Waals surface area contributed by atoms with Gasteiger partial charge in [0.05, 0.1) is 0 Å². The van der Waals surface area contributed by atoms with E-state index >= 15 is 4.39 Å². The van der Waals surface area contributed by atoms with Gasteiger partial charge in [0.2, 0.25) is 0 Å². The average molecular weight is 365 g/mol. The predicted octanol–water partition coefficient (Wildman–Crippen LogP) is 5.19. The Labute approximate surface area is 154 Å². The largest absolute Gasteiger partial charge is 0.373 e. The van der Waals surface area contributed by atoms with Crippen LogP contribution in [0, 0.1) is 5.82 Å². The standard InChI is InChI=1S/C20H14ClFN4/c1-23-20-16-9-8-15(12-4-6-14(21)7-5-12)17(22)18(16)25-19(26-20)13-3-2-10-24-11-13/h2-11H,1H3,(H,23,25,26). The molecule has 128 valence electrons. The number of hydrogen-bond donors (Lipinski definition) is 1. The number of hydrogen-bond acceptors (Lipinski definition) is 4. The van der Waals surface area contributed by atoms with E-state index in [-0.39, 0.29) is 5.52 Å². The van der Waals surface area contributed by atoms with Crippen LogP contribution in [0.5, 0.6) is 0 Å². The molecule has 4 aromatic rings. The summed E-state index contributed by atoms with van der Waals surface area (Å²) < 4.78 is 15.3. The smallest absolute Gasteiger partial charge is 0.163 e. The van der Waals surface area contributed by atoms with E-state index in [0.717, 1.165) is 11.1 Å². The summed E-state index contributed by atoms with van der Waals surface area (Å²) in [5.41, 5.74) is 2.19. The van der Waals surface area contributed by atoms with Gasteiger partial charge in [-0.3, -0.25) is 4.98 Å². The van der Waals surface area contributed by atoms with Crippen molar-refractivity contribution in [2.45, 2.75) is 0 Å². The van der Waals surface area contributed by atoms with Crippen LogP contribution in [0.2, 0.25) is 5.02 Å². The van der Waals surface area contributed by atoms with E-state index in [0.29, 0.717) is 27.6 Å². The average Bonchev–Trinajstić information content (AvgIpc) is 2.69. The highest BCUT2D eigenvalue weighted by Crippen LogP contribution is 2.32. The van der Waals surface area contributed by atoms with Crippen molar-refractivity contribution in [3.05, 3.63) is 71.8 Å². The zero-order valence-electron chi connectivity index (χ0n) is 13.9. The van der Waals surface area contributed by atoms with Crippen molar-refractivity contribution in [2.24, 2.45) is 0 Å². The summed E-state index contributed by atoms with van der Waals surface area (Å²) in [7, 11) is 1.75. The minimum absolute atomic E-state index is 0.260.